The Bertz CT molecular complexity index is 453. The van der Waals surface area contributed by atoms with Gasteiger partial charge in [0, 0.05) is 24.1 Å². The van der Waals surface area contributed by atoms with E-state index >= 15 is 0 Å². The van der Waals surface area contributed by atoms with Crippen LogP contribution in [0.1, 0.15) is 56.3 Å². The molecule has 1 aliphatic heterocycles. The summed E-state index contributed by atoms with van der Waals surface area (Å²) in [6, 6.07) is 0.821. The Morgan fingerprint density at radius 2 is 2.33 bits per heavy atom. The van der Waals surface area contributed by atoms with E-state index in [0.717, 1.165) is 37.0 Å². The van der Waals surface area contributed by atoms with Crippen LogP contribution < -0.4 is 5.32 Å². The molecule has 3 unspecified atom stereocenters. The third kappa shape index (κ3) is 3.43. The molecule has 2 aliphatic rings. The van der Waals surface area contributed by atoms with Crippen molar-refractivity contribution >= 4 is 11.8 Å². The molecule has 6 heteroatoms. The van der Waals surface area contributed by atoms with Crippen LogP contribution in [0.4, 0.5) is 0 Å². The first-order valence-corrected chi connectivity index (χ1v) is 9.30. The minimum Gasteiger partial charge on any atom is -0.339 e. The molecule has 3 rings (SSSR count). The van der Waals surface area contributed by atoms with Gasteiger partial charge in [-0.25, -0.2) is 0 Å². The van der Waals surface area contributed by atoms with E-state index in [1.807, 2.05) is 11.8 Å². The Hall–Kier alpha value is -0.590. The minimum absolute atomic E-state index is 0.310. The molecule has 0 amide bonds. The van der Waals surface area contributed by atoms with E-state index in [-0.39, 0.29) is 0 Å². The number of hydrogen-bond donors (Lipinski definition) is 1. The molecule has 1 N–H and O–H groups in total. The van der Waals surface area contributed by atoms with Gasteiger partial charge in [0.25, 0.3) is 0 Å². The second-order valence-corrected chi connectivity index (χ2v) is 7.31. The van der Waals surface area contributed by atoms with E-state index in [0.29, 0.717) is 18.0 Å². The van der Waals surface area contributed by atoms with E-state index in [2.05, 4.69) is 29.3 Å². The van der Waals surface area contributed by atoms with Crippen molar-refractivity contribution in [1.82, 2.24) is 20.4 Å². The van der Waals surface area contributed by atoms with Crippen LogP contribution in [0.5, 0.6) is 0 Å². The quantitative estimate of drug-likeness (QED) is 0.901. The van der Waals surface area contributed by atoms with Gasteiger partial charge in [0.15, 0.2) is 5.82 Å². The molecule has 0 spiro atoms. The third-order valence-corrected chi connectivity index (χ3v) is 5.66. The highest BCUT2D eigenvalue weighted by atomic mass is 32.2. The van der Waals surface area contributed by atoms with Crippen molar-refractivity contribution < 1.29 is 4.52 Å². The normalized spacial score (nSPS) is 30.9. The smallest absolute Gasteiger partial charge is 0.231 e. The van der Waals surface area contributed by atoms with Gasteiger partial charge in [-0.2, -0.15) is 16.7 Å². The van der Waals surface area contributed by atoms with Gasteiger partial charge >= 0.3 is 0 Å². The number of rotatable bonds is 5. The molecule has 0 bridgehead atoms. The van der Waals surface area contributed by atoms with E-state index in [1.54, 1.807) is 0 Å². The number of thioether (sulfide) groups is 1. The topological polar surface area (TPSA) is 54.2 Å². The zero-order valence-corrected chi connectivity index (χ0v) is 13.9. The van der Waals surface area contributed by atoms with Crippen LogP contribution >= 0.6 is 11.8 Å². The van der Waals surface area contributed by atoms with Gasteiger partial charge in [0.1, 0.15) is 0 Å². The maximum Gasteiger partial charge on any atom is 0.231 e. The summed E-state index contributed by atoms with van der Waals surface area (Å²) in [5, 5.41) is 7.92. The maximum atomic E-state index is 5.62. The van der Waals surface area contributed by atoms with Crippen molar-refractivity contribution in [2.45, 2.75) is 50.6 Å². The standard InChI is InChI=1S/C15H26N4OS/c1-3-7-16-12-6-4-5-11(12)15-17-14(18-20-15)13-10-21-9-8-19(13)2/h11-13,16H,3-10H2,1-2H3. The second-order valence-electron chi connectivity index (χ2n) is 6.16. The molecule has 5 nitrogen and oxygen atoms in total. The van der Waals surface area contributed by atoms with E-state index in [4.69, 9.17) is 9.51 Å². The lowest BCUT2D eigenvalue weighted by Gasteiger charge is -2.29. The lowest BCUT2D eigenvalue weighted by molar-refractivity contribution is 0.255. The molecule has 0 radical (unpaired) electrons. The van der Waals surface area contributed by atoms with Crippen LogP contribution in [0.2, 0.25) is 0 Å². The summed E-state index contributed by atoms with van der Waals surface area (Å²) in [7, 11) is 2.15. The highest BCUT2D eigenvalue weighted by Crippen LogP contribution is 2.35. The average Bonchev–Trinajstić information content (AvgIpc) is 3.14. The summed E-state index contributed by atoms with van der Waals surface area (Å²) in [4.78, 5) is 7.09. The van der Waals surface area contributed by atoms with Crippen LogP contribution in [-0.2, 0) is 0 Å². The highest BCUT2D eigenvalue weighted by Gasteiger charge is 2.34. The Kier molecular flexibility index (Phi) is 5.19. The molecule has 1 saturated carbocycles. The summed E-state index contributed by atoms with van der Waals surface area (Å²) in [5.41, 5.74) is 0. The summed E-state index contributed by atoms with van der Waals surface area (Å²) >= 11 is 1.98. The summed E-state index contributed by atoms with van der Waals surface area (Å²) in [6.07, 6.45) is 4.81. The summed E-state index contributed by atoms with van der Waals surface area (Å²) in [5.74, 6) is 4.39. The number of nitrogens with one attached hydrogen (secondary N) is 1. The van der Waals surface area contributed by atoms with Gasteiger partial charge < -0.3 is 9.84 Å². The fraction of sp³-hybridized carbons (Fsp3) is 0.867. The average molecular weight is 310 g/mol. The van der Waals surface area contributed by atoms with Crippen LogP contribution in [-0.4, -0.2) is 52.7 Å². The Morgan fingerprint density at radius 3 is 3.14 bits per heavy atom. The molecule has 1 saturated heterocycles. The van der Waals surface area contributed by atoms with Crippen LogP contribution in [0.25, 0.3) is 0 Å². The Balaban J connectivity index is 1.69. The molecule has 1 aromatic rings. The predicted octanol–water partition coefficient (Wildman–Crippen LogP) is 2.43. The number of aromatic nitrogens is 2. The lowest BCUT2D eigenvalue weighted by Crippen LogP contribution is -2.33. The molecular weight excluding hydrogens is 284 g/mol. The zero-order valence-electron chi connectivity index (χ0n) is 13.0. The molecular formula is C15H26N4OS. The molecule has 21 heavy (non-hydrogen) atoms. The molecule has 1 aromatic heterocycles. The lowest BCUT2D eigenvalue weighted by atomic mass is 10.0. The summed E-state index contributed by atoms with van der Waals surface area (Å²) < 4.78 is 5.62. The number of hydrogen-bond acceptors (Lipinski definition) is 6. The minimum atomic E-state index is 0.310. The molecule has 1 aliphatic carbocycles. The Labute approximate surface area is 131 Å². The first-order valence-electron chi connectivity index (χ1n) is 8.14. The fourth-order valence-electron chi connectivity index (χ4n) is 3.32. The third-order valence-electron chi connectivity index (χ3n) is 4.64. The van der Waals surface area contributed by atoms with Gasteiger partial charge in [-0.05, 0) is 32.9 Å². The van der Waals surface area contributed by atoms with Crippen molar-refractivity contribution in [2.24, 2.45) is 0 Å². The van der Waals surface area contributed by atoms with Crippen molar-refractivity contribution in [3.05, 3.63) is 11.7 Å². The molecule has 2 fully saturated rings. The molecule has 2 heterocycles. The highest BCUT2D eigenvalue weighted by molar-refractivity contribution is 7.99. The molecule has 3 atom stereocenters. The first-order chi connectivity index (χ1) is 10.3. The van der Waals surface area contributed by atoms with Crippen LogP contribution in [0, 0.1) is 0 Å². The van der Waals surface area contributed by atoms with Gasteiger partial charge in [-0.15, -0.1) is 0 Å². The van der Waals surface area contributed by atoms with E-state index < -0.39 is 0 Å². The first kappa shape index (κ1) is 15.3. The van der Waals surface area contributed by atoms with Crippen LogP contribution in [0.3, 0.4) is 0 Å². The molecule has 118 valence electrons. The Morgan fingerprint density at radius 1 is 1.43 bits per heavy atom. The predicted molar refractivity (Wildman–Crippen MR) is 85.7 cm³/mol. The van der Waals surface area contributed by atoms with Crippen molar-refractivity contribution in [3.63, 3.8) is 0 Å². The van der Waals surface area contributed by atoms with Gasteiger partial charge in [0.2, 0.25) is 5.89 Å². The van der Waals surface area contributed by atoms with Gasteiger partial charge in [-0.3, -0.25) is 4.90 Å². The fourth-order valence-corrected chi connectivity index (χ4v) is 4.53. The van der Waals surface area contributed by atoms with E-state index in [9.17, 15) is 0 Å². The van der Waals surface area contributed by atoms with Gasteiger partial charge in [-0.1, -0.05) is 18.5 Å². The summed E-state index contributed by atoms with van der Waals surface area (Å²) in [6.45, 7) is 4.38. The molecule has 0 aromatic carbocycles. The monoisotopic (exact) mass is 310 g/mol. The second kappa shape index (κ2) is 7.11. The van der Waals surface area contributed by atoms with Crippen molar-refractivity contribution in [1.29, 1.82) is 0 Å². The van der Waals surface area contributed by atoms with Crippen molar-refractivity contribution in [3.8, 4) is 0 Å². The largest absolute Gasteiger partial charge is 0.339 e. The van der Waals surface area contributed by atoms with Gasteiger partial charge in [0.05, 0.1) is 12.0 Å². The van der Waals surface area contributed by atoms with E-state index in [1.165, 1.54) is 25.0 Å². The SMILES string of the molecule is CCCNC1CCCC1c1nc(C2CSCCN2C)no1. The number of nitrogens with zero attached hydrogens (tertiary/aromatic N) is 3. The maximum absolute atomic E-state index is 5.62. The van der Waals surface area contributed by atoms with Crippen LogP contribution in [0.15, 0.2) is 4.52 Å². The van der Waals surface area contributed by atoms with Crippen molar-refractivity contribution in [2.75, 3.05) is 31.6 Å². The zero-order chi connectivity index (χ0) is 14.7.